The van der Waals surface area contributed by atoms with Crippen molar-refractivity contribution in [2.24, 2.45) is 0 Å². The second kappa shape index (κ2) is 14.2. The highest BCUT2D eigenvalue weighted by molar-refractivity contribution is 6.99. The molecule has 0 aliphatic heterocycles. The Balaban J connectivity index is 1.82. The minimum Gasteiger partial charge on any atom is -0.462 e. The van der Waals surface area contributed by atoms with E-state index in [2.05, 4.69) is 87.5 Å². The summed E-state index contributed by atoms with van der Waals surface area (Å²) in [4.78, 5) is 10.7. The number of carbonyl (C=O) groups is 1. The largest absolute Gasteiger partial charge is 0.462 e. The number of hydrogen-bond acceptors (Lipinski definition) is 3. The van der Waals surface area contributed by atoms with Gasteiger partial charge in [-0.2, -0.15) is 0 Å². The van der Waals surface area contributed by atoms with Crippen molar-refractivity contribution >= 4 is 24.7 Å². The average molecular weight is 467 g/mol. The standard InChI is InChI=1S/C29H42O3Si/c1-26(30)31-24-18-10-8-6-5-7-9-11-19-25-32-33(29(2,3)4,27-20-14-12-15-21-27)28-22-16-13-17-23-28/h10,12-18,20-23H,5-9,11,19,24-25H2,1-4H3/b18-10+. The molecule has 4 heteroatoms. The third-order valence-corrected chi connectivity index (χ3v) is 11.1. The second-order valence-electron chi connectivity index (χ2n) is 9.70. The molecule has 0 fully saturated rings. The Morgan fingerprint density at radius 2 is 1.30 bits per heavy atom. The molecule has 0 aromatic heterocycles. The molecule has 0 N–H and O–H groups in total. The summed E-state index contributed by atoms with van der Waals surface area (Å²) in [7, 11) is -2.39. The van der Waals surface area contributed by atoms with Gasteiger partial charge in [-0.1, -0.05) is 119 Å². The summed E-state index contributed by atoms with van der Waals surface area (Å²) in [5, 5.41) is 2.74. The van der Waals surface area contributed by atoms with Crippen molar-refractivity contribution in [2.75, 3.05) is 13.2 Å². The normalized spacial score (nSPS) is 12.2. The van der Waals surface area contributed by atoms with E-state index in [1.807, 2.05) is 6.08 Å². The van der Waals surface area contributed by atoms with Gasteiger partial charge < -0.3 is 9.16 Å². The fourth-order valence-electron chi connectivity index (χ4n) is 4.41. The maximum Gasteiger partial charge on any atom is 0.302 e. The number of esters is 1. The van der Waals surface area contributed by atoms with E-state index >= 15 is 0 Å². The number of allylic oxidation sites excluding steroid dienone is 1. The van der Waals surface area contributed by atoms with E-state index in [4.69, 9.17) is 9.16 Å². The Morgan fingerprint density at radius 3 is 1.82 bits per heavy atom. The minimum absolute atomic E-state index is 0.0404. The van der Waals surface area contributed by atoms with Crippen molar-refractivity contribution in [3.8, 4) is 0 Å². The molecule has 2 aromatic rings. The Hall–Kier alpha value is -2.17. The van der Waals surface area contributed by atoms with Crippen molar-refractivity contribution in [2.45, 2.75) is 77.7 Å². The number of rotatable bonds is 14. The van der Waals surface area contributed by atoms with Gasteiger partial charge in [0.15, 0.2) is 0 Å². The molecule has 0 saturated heterocycles. The maximum absolute atomic E-state index is 10.7. The SMILES string of the molecule is CC(=O)OC/C=C/CCCCCCCCO[Si](c1ccccc1)(c1ccccc1)C(C)(C)C. The topological polar surface area (TPSA) is 35.5 Å². The highest BCUT2D eigenvalue weighted by Gasteiger charge is 2.49. The van der Waals surface area contributed by atoms with Crippen LogP contribution in [0.4, 0.5) is 0 Å². The van der Waals surface area contributed by atoms with Gasteiger partial charge in [0, 0.05) is 13.5 Å². The quantitative estimate of drug-likeness (QED) is 0.140. The molecule has 0 amide bonds. The summed E-state index contributed by atoms with van der Waals surface area (Å²) < 4.78 is 11.9. The number of ether oxygens (including phenoxy) is 1. The molecule has 0 atom stereocenters. The monoisotopic (exact) mass is 466 g/mol. The first-order chi connectivity index (χ1) is 15.9. The van der Waals surface area contributed by atoms with Crippen LogP contribution in [0.15, 0.2) is 72.8 Å². The zero-order valence-corrected chi connectivity index (χ0v) is 22.0. The van der Waals surface area contributed by atoms with Gasteiger partial charge >= 0.3 is 5.97 Å². The fourth-order valence-corrected chi connectivity index (χ4v) is 9.02. The lowest BCUT2D eigenvalue weighted by Gasteiger charge is -2.43. The zero-order valence-electron chi connectivity index (χ0n) is 21.0. The van der Waals surface area contributed by atoms with Crippen molar-refractivity contribution in [1.29, 1.82) is 0 Å². The Labute approximate surface area is 202 Å². The molecule has 33 heavy (non-hydrogen) atoms. The molecule has 0 bridgehead atoms. The lowest BCUT2D eigenvalue weighted by atomic mass is 10.1. The molecule has 0 radical (unpaired) electrons. The van der Waals surface area contributed by atoms with Crippen LogP contribution in [0.3, 0.4) is 0 Å². The number of hydrogen-bond donors (Lipinski definition) is 0. The summed E-state index contributed by atoms with van der Waals surface area (Å²) in [6.07, 6.45) is 12.4. The lowest BCUT2D eigenvalue weighted by Crippen LogP contribution is -2.66. The van der Waals surface area contributed by atoms with Gasteiger partial charge in [0.05, 0.1) is 0 Å². The Morgan fingerprint density at radius 1 is 0.788 bits per heavy atom. The van der Waals surface area contributed by atoms with Crippen LogP contribution in [-0.2, 0) is 14.0 Å². The Bertz CT molecular complexity index is 785. The summed E-state index contributed by atoms with van der Waals surface area (Å²) in [6, 6.07) is 21.8. The van der Waals surface area contributed by atoms with Crippen molar-refractivity contribution in [1.82, 2.24) is 0 Å². The summed E-state index contributed by atoms with van der Waals surface area (Å²) in [6.45, 7) is 9.64. The van der Waals surface area contributed by atoms with Gasteiger partial charge in [-0.25, -0.2) is 0 Å². The molecule has 0 heterocycles. The third-order valence-electron chi connectivity index (χ3n) is 6.05. The maximum atomic E-state index is 10.7. The van der Waals surface area contributed by atoms with E-state index in [1.165, 1.54) is 49.4 Å². The smallest absolute Gasteiger partial charge is 0.302 e. The van der Waals surface area contributed by atoms with Crippen LogP contribution in [-0.4, -0.2) is 27.5 Å². The van der Waals surface area contributed by atoms with Crippen LogP contribution in [0.1, 0.15) is 72.6 Å². The highest BCUT2D eigenvalue weighted by Crippen LogP contribution is 2.36. The van der Waals surface area contributed by atoms with Gasteiger partial charge in [0.25, 0.3) is 8.32 Å². The molecule has 0 spiro atoms. The van der Waals surface area contributed by atoms with Gasteiger partial charge in [-0.15, -0.1) is 0 Å². The molecule has 0 unspecified atom stereocenters. The zero-order chi connectivity index (χ0) is 24.0. The van der Waals surface area contributed by atoms with E-state index in [1.54, 1.807) is 0 Å². The molecular formula is C29H42O3Si. The van der Waals surface area contributed by atoms with Gasteiger partial charge in [-0.3, -0.25) is 4.79 Å². The van der Waals surface area contributed by atoms with E-state index < -0.39 is 8.32 Å². The van der Waals surface area contributed by atoms with Gasteiger partial charge in [0.1, 0.15) is 6.61 Å². The highest BCUT2D eigenvalue weighted by atomic mass is 28.4. The Kier molecular flexibility index (Phi) is 11.6. The summed E-state index contributed by atoms with van der Waals surface area (Å²) in [5.74, 6) is -0.224. The first kappa shape index (κ1) is 27.1. The number of unbranched alkanes of at least 4 members (excludes halogenated alkanes) is 6. The lowest BCUT2D eigenvalue weighted by molar-refractivity contribution is -0.139. The van der Waals surface area contributed by atoms with Crippen LogP contribution in [0.25, 0.3) is 0 Å². The van der Waals surface area contributed by atoms with Gasteiger partial charge in [-0.05, 0) is 34.7 Å². The van der Waals surface area contributed by atoms with E-state index in [0.717, 1.165) is 19.4 Å². The molecule has 3 nitrogen and oxygen atoms in total. The molecule has 2 aromatic carbocycles. The average Bonchev–Trinajstić information content (AvgIpc) is 2.79. The van der Waals surface area contributed by atoms with E-state index in [9.17, 15) is 4.79 Å². The van der Waals surface area contributed by atoms with Crippen LogP contribution < -0.4 is 10.4 Å². The van der Waals surface area contributed by atoms with Crippen molar-refractivity contribution in [3.05, 3.63) is 72.8 Å². The number of carbonyl (C=O) groups excluding carboxylic acids is 1. The van der Waals surface area contributed by atoms with Crippen LogP contribution in [0.5, 0.6) is 0 Å². The predicted molar refractivity (Wildman–Crippen MR) is 142 cm³/mol. The van der Waals surface area contributed by atoms with E-state index in [0.29, 0.717) is 6.61 Å². The molecule has 0 aliphatic rings. The molecule has 2 rings (SSSR count). The third kappa shape index (κ3) is 8.60. The second-order valence-corrected chi connectivity index (χ2v) is 14.0. The summed E-state index contributed by atoms with van der Waals surface area (Å²) >= 11 is 0. The van der Waals surface area contributed by atoms with Crippen LogP contribution in [0, 0.1) is 0 Å². The van der Waals surface area contributed by atoms with Crippen LogP contribution in [0.2, 0.25) is 5.04 Å². The minimum atomic E-state index is -2.39. The number of benzene rings is 2. The van der Waals surface area contributed by atoms with Gasteiger partial charge in [0.2, 0.25) is 0 Å². The molecular weight excluding hydrogens is 424 g/mol. The fraction of sp³-hybridized carbons (Fsp3) is 0.483. The molecule has 180 valence electrons. The molecule has 0 aliphatic carbocycles. The molecule has 0 saturated carbocycles. The van der Waals surface area contributed by atoms with Crippen molar-refractivity contribution < 1.29 is 14.0 Å². The van der Waals surface area contributed by atoms with Crippen LogP contribution >= 0.6 is 0 Å². The van der Waals surface area contributed by atoms with Crippen molar-refractivity contribution in [3.63, 3.8) is 0 Å². The first-order valence-electron chi connectivity index (χ1n) is 12.4. The first-order valence-corrected chi connectivity index (χ1v) is 14.3. The van der Waals surface area contributed by atoms with E-state index in [-0.39, 0.29) is 11.0 Å². The summed E-state index contributed by atoms with van der Waals surface area (Å²) in [5.41, 5.74) is 0. The predicted octanol–water partition coefficient (Wildman–Crippen LogP) is 6.41.